The van der Waals surface area contributed by atoms with Gasteiger partial charge in [-0.3, -0.25) is 20.1 Å². The standard InChI is InChI=1S/C25H22ClN5OS/c1-24(20-10-17(13-33-20)16-9-19(26)12-29-11-16)21(22(32)31(2)23(28)30-24)15-3-5-18(6-4-15)25(14-27)7-8-25/h3-6,9-13,21H,7-8H2,1-2H3,(H2,28,30)/t21-,24+/m0/s1. The summed E-state index contributed by atoms with van der Waals surface area (Å²) in [4.78, 5) is 19.9. The molecule has 2 aliphatic rings. The molecule has 33 heavy (non-hydrogen) atoms. The first kappa shape index (κ1) is 21.6. The van der Waals surface area contributed by atoms with Crippen molar-refractivity contribution in [1.82, 2.24) is 15.2 Å². The summed E-state index contributed by atoms with van der Waals surface area (Å²) >= 11 is 7.66. The van der Waals surface area contributed by atoms with Crippen molar-refractivity contribution in [1.29, 1.82) is 10.7 Å². The summed E-state index contributed by atoms with van der Waals surface area (Å²) < 4.78 is 0. The van der Waals surface area contributed by atoms with Crippen molar-refractivity contribution in [3.05, 3.63) is 75.2 Å². The van der Waals surface area contributed by atoms with Crippen LogP contribution in [0.4, 0.5) is 0 Å². The van der Waals surface area contributed by atoms with E-state index in [-0.39, 0.29) is 17.3 Å². The average molecular weight is 476 g/mol. The molecule has 1 aromatic carbocycles. The molecule has 6 nitrogen and oxygen atoms in total. The van der Waals surface area contributed by atoms with Crippen LogP contribution in [0.2, 0.25) is 5.02 Å². The van der Waals surface area contributed by atoms with Gasteiger partial charge in [0.2, 0.25) is 5.91 Å². The first-order valence-corrected chi connectivity index (χ1v) is 11.9. The Hall–Kier alpha value is -3.21. The van der Waals surface area contributed by atoms with Crippen molar-refractivity contribution in [2.75, 3.05) is 7.05 Å². The number of aromatic nitrogens is 1. The molecule has 5 rings (SSSR count). The third-order valence-corrected chi connectivity index (χ3v) is 8.15. The molecule has 2 fully saturated rings. The van der Waals surface area contributed by atoms with Gasteiger partial charge in [0.25, 0.3) is 0 Å². The summed E-state index contributed by atoms with van der Waals surface area (Å²) in [6, 6.07) is 14.2. The maximum atomic E-state index is 13.5. The van der Waals surface area contributed by atoms with Crippen molar-refractivity contribution in [2.45, 2.75) is 36.6 Å². The maximum absolute atomic E-state index is 13.5. The summed E-state index contributed by atoms with van der Waals surface area (Å²) in [6.07, 6.45) is 5.10. The molecule has 0 bridgehead atoms. The average Bonchev–Trinajstić information content (AvgIpc) is 3.44. The van der Waals surface area contributed by atoms with Crippen molar-refractivity contribution in [3.8, 4) is 17.2 Å². The number of likely N-dealkylation sites (N-methyl/N-ethyl adjacent to an activating group) is 1. The lowest BCUT2D eigenvalue weighted by atomic mass is 9.76. The number of pyridine rings is 1. The highest BCUT2D eigenvalue weighted by Crippen LogP contribution is 2.49. The Morgan fingerprint density at radius 3 is 2.61 bits per heavy atom. The molecule has 1 aliphatic carbocycles. The molecule has 2 aromatic heterocycles. The van der Waals surface area contributed by atoms with Crippen molar-refractivity contribution in [3.63, 3.8) is 0 Å². The van der Waals surface area contributed by atoms with E-state index >= 15 is 0 Å². The zero-order valence-electron chi connectivity index (χ0n) is 18.2. The molecule has 0 spiro atoms. The van der Waals surface area contributed by atoms with Gasteiger partial charge in [-0.15, -0.1) is 11.3 Å². The Morgan fingerprint density at radius 1 is 1.24 bits per heavy atom. The lowest BCUT2D eigenvalue weighted by Crippen LogP contribution is -2.62. The van der Waals surface area contributed by atoms with Gasteiger partial charge in [0.05, 0.1) is 28.0 Å². The van der Waals surface area contributed by atoms with E-state index in [1.165, 1.54) is 16.2 Å². The van der Waals surface area contributed by atoms with E-state index < -0.39 is 11.5 Å². The van der Waals surface area contributed by atoms with Crippen molar-refractivity contribution < 1.29 is 4.79 Å². The normalized spacial score (nSPS) is 23.7. The van der Waals surface area contributed by atoms with Crippen molar-refractivity contribution >= 4 is 34.8 Å². The Bertz CT molecular complexity index is 1310. The Labute approximate surface area is 201 Å². The molecule has 2 atom stereocenters. The van der Waals surface area contributed by atoms with Crippen LogP contribution in [-0.4, -0.2) is 28.8 Å². The third-order valence-electron chi connectivity index (χ3n) is 6.78. The maximum Gasteiger partial charge on any atom is 0.239 e. The van der Waals surface area contributed by atoms with Crippen LogP contribution in [0.25, 0.3) is 11.1 Å². The predicted octanol–water partition coefficient (Wildman–Crippen LogP) is 5.01. The summed E-state index contributed by atoms with van der Waals surface area (Å²) in [5.74, 6) is -0.613. The number of guanidine groups is 1. The highest BCUT2D eigenvalue weighted by Gasteiger charge is 2.50. The molecule has 0 unspecified atom stereocenters. The number of halogens is 1. The first-order chi connectivity index (χ1) is 15.8. The number of benzene rings is 1. The predicted molar refractivity (Wildman–Crippen MR) is 129 cm³/mol. The van der Waals surface area contributed by atoms with Crippen LogP contribution in [0.1, 0.15) is 41.7 Å². The molecule has 3 aromatic rings. The number of thiophene rings is 1. The van der Waals surface area contributed by atoms with Gasteiger partial charge in [0, 0.05) is 29.9 Å². The van der Waals surface area contributed by atoms with Crippen LogP contribution < -0.4 is 5.32 Å². The van der Waals surface area contributed by atoms with Crippen LogP contribution in [0.5, 0.6) is 0 Å². The van der Waals surface area contributed by atoms with Crippen LogP contribution in [0.3, 0.4) is 0 Å². The molecule has 166 valence electrons. The summed E-state index contributed by atoms with van der Waals surface area (Å²) in [5.41, 5.74) is 2.53. The van der Waals surface area contributed by atoms with Gasteiger partial charge < -0.3 is 5.32 Å². The minimum atomic E-state index is -0.816. The highest BCUT2D eigenvalue weighted by molar-refractivity contribution is 7.10. The quantitative estimate of drug-likeness (QED) is 0.554. The number of carbonyl (C=O) groups excluding carboxylic acids is 1. The monoisotopic (exact) mass is 475 g/mol. The third kappa shape index (κ3) is 3.50. The van der Waals surface area contributed by atoms with Gasteiger partial charge in [0.1, 0.15) is 0 Å². The van der Waals surface area contributed by atoms with Gasteiger partial charge >= 0.3 is 0 Å². The zero-order valence-corrected chi connectivity index (χ0v) is 19.8. The summed E-state index contributed by atoms with van der Waals surface area (Å²) in [7, 11) is 1.62. The van der Waals surface area contributed by atoms with Gasteiger partial charge in [-0.05, 0) is 54.0 Å². The molecular weight excluding hydrogens is 454 g/mol. The molecule has 1 amide bonds. The van der Waals surface area contributed by atoms with E-state index in [1.54, 1.807) is 19.4 Å². The second kappa shape index (κ2) is 7.68. The van der Waals surface area contributed by atoms with Crippen LogP contribution in [0, 0.1) is 16.7 Å². The minimum absolute atomic E-state index is 0.0659. The number of hydrogen-bond donors (Lipinski definition) is 2. The highest BCUT2D eigenvalue weighted by atomic mass is 35.5. The van der Waals surface area contributed by atoms with E-state index in [2.05, 4.69) is 16.4 Å². The number of amides is 1. The van der Waals surface area contributed by atoms with E-state index in [4.69, 9.17) is 17.0 Å². The fourth-order valence-electron chi connectivity index (χ4n) is 4.55. The van der Waals surface area contributed by atoms with Crippen LogP contribution >= 0.6 is 22.9 Å². The SMILES string of the molecule is CN1C(=N)N[C@](C)(c2cc(-c3cncc(Cl)c3)cs2)[C@@H](c2ccc(C3(C#N)CC3)cc2)C1=O. The number of nitrogens with one attached hydrogen (secondary N) is 2. The van der Waals surface area contributed by atoms with Gasteiger partial charge in [-0.25, -0.2) is 0 Å². The summed E-state index contributed by atoms with van der Waals surface area (Å²) in [6.45, 7) is 1.97. The first-order valence-electron chi connectivity index (χ1n) is 10.6. The van der Waals surface area contributed by atoms with E-state index in [0.29, 0.717) is 5.02 Å². The number of nitrogens with zero attached hydrogens (tertiary/aromatic N) is 3. The second-order valence-electron chi connectivity index (χ2n) is 8.91. The fraction of sp³-hybridized carbons (Fsp3) is 0.280. The Kier molecular flexibility index (Phi) is 5.04. The van der Waals surface area contributed by atoms with Crippen LogP contribution in [0.15, 0.2) is 54.2 Å². The van der Waals surface area contributed by atoms with E-state index in [0.717, 1.165) is 40.0 Å². The second-order valence-corrected chi connectivity index (χ2v) is 10.3. The number of carbonyl (C=O) groups is 1. The fourth-order valence-corrected chi connectivity index (χ4v) is 5.79. The van der Waals surface area contributed by atoms with Gasteiger partial charge in [-0.1, -0.05) is 35.9 Å². The topological polar surface area (TPSA) is 92.9 Å². The molecule has 8 heteroatoms. The van der Waals surface area contributed by atoms with Gasteiger partial charge in [-0.2, -0.15) is 5.26 Å². The lowest BCUT2D eigenvalue weighted by molar-refractivity contribution is -0.131. The summed E-state index contributed by atoms with van der Waals surface area (Å²) in [5, 5.41) is 23.8. The molecular formula is C25H22ClN5OS. The van der Waals surface area contributed by atoms with E-state index in [9.17, 15) is 10.1 Å². The Morgan fingerprint density at radius 2 is 1.97 bits per heavy atom. The largest absolute Gasteiger partial charge is 0.345 e. The molecule has 3 heterocycles. The number of hydrogen-bond acceptors (Lipinski definition) is 5. The number of rotatable bonds is 4. The van der Waals surface area contributed by atoms with Crippen molar-refractivity contribution in [2.24, 2.45) is 0 Å². The minimum Gasteiger partial charge on any atom is -0.345 e. The number of nitriles is 1. The molecule has 1 aliphatic heterocycles. The molecule has 0 radical (unpaired) electrons. The molecule has 1 saturated heterocycles. The molecule has 1 saturated carbocycles. The lowest BCUT2D eigenvalue weighted by Gasteiger charge is -2.45. The van der Waals surface area contributed by atoms with E-state index in [1.807, 2.05) is 48.7 Å². The Balaban J connectivity index is 1.56. The van der Waals surface area contributed by atoms with Gasteiger partial charge in [0.15, 0.2) is 5.96 Å². The molecule has 2 N–H and O–H groups in total. The zero-order chi connectivity index (χ0) is 23.4. The smallest absolute Gasteiger partial charge is 0.239 e. The van der Waals surface area contributed by atoms with Crippen LogP contribution in [-0.2, 0) is 15.7 Å².